The molecule has 0 aromatic heterocycles. The van der Waals surface area contributed by atoms with Gasteiger partial charge in [0.25, 0.3) is 0 Å². The van der Waals surface area contributed by atoms with Crippen molar-refractivity contribution in [3.05, 3.63) is 29.8 Å². The third kappa shape index (κ3) is 4.35. The molecule has 0 amide bonds. The summed E-state index contributed by atoms with van der Waals surface area (Å²) in [5.41, 5.74) is 1.05. The van der Waals surface area contributed by atoms with E-state index in [1.807, 2.05) is 12.1 Å². The molecular weight excluding hydrogens is 196 g/mol. The Kier molecular flexibility index (Phi) is 3.97. The van der Waals surface area contributed by atoms with E-state index in [1.165, 1.54) is 0 Å². The summed E-state index contributed by atoms with van der Waals surface area (Å²) in [6, 6.07) is 6.84. The van der Waals surface area contributed by atoms with E-state index >= 15 is 0 Å². The van der Waals surface area contributed by atoms with Gasteiger partial charge in [-0.2, -0.15) is 0 Å². The Labute approximate surface area is 88.1 Å². The van der Waals surface area contributed by atoms with Gasteiger partial charge in [0.1, 0.15) is 11.9 Å². The highest BCUT2D eigenvalue weighted by atomic mass is 16.7. The summed E-state index contributed by atoms with van der Waals surface area (Å²) in [7, 11) is 0. The molecule has 15 heavy (non-hydrogen) atoms. The molecule has 0 saturated heterocycles. The molecule has 0 aliphatic carbocycles. The van der Waals surface area contributed by atoms with Crippen LogP contribution in [0.4, 0.5) is 4.79 Å². The van der Waals surface area contributed by atoms with Gasteiger partial charge in [-0.15, -0.1) is 0 Å². The maximum absolute atomic E-state index is 10.2. The van der Waals surface area contributed by atoms with Crippen LogP contribution in [0.25, 0.3) is 0 Å². The third-order valence-electron chi connectivity index (χ3n) is 2.08. The van der Waals surface area contributed by atoms with Gasteiger partial charge in [0.15, 0.2) is 0 Å². The van der Waals surface area contributed by atoms with E-state index in [-0.39, 0.29) is 11.9 Å². The van der Waals surface area contributed by atoms with Gasteiger partial charge in [0.05, 0.1) is 0 Å². The Balaban J connectivity index is 2.36. The number of ether oxygens (including phenoxy) is 1. The fraction of sp³-hybridized carbons (Fsp3) is 0.364. The zero-order chi connectivity index (χ0) is 11.3. The van der Waals surface area contributed by atoms with Crippen molar-refractivity contribution in [3.63, 3.8) is 0 Å². The van der Waals surface area contributed by atoms with Crippen LogP contribution >= 0.6 is 0 Å². The molecule has 1 aromatic rings. The SMILES string of the molecule is CC(CCc1ccc(O)cc1)OC(=O)O. The molecule has 4 heteroatoms. The van der Waals surface area contributed by atoms with E-state index in [4.69, 9.17) is 10.2 Å². The van der Waals surface area contributed by atoms with E-state index in [0.29, 0.717) is 6.42 Å². The van der Waals surface area contributed by atoms with E-state index in [2.05, 4.69) is 4.74 Å². The van der Waals surface area contributed by atoms with Crippen LogP contribution in [0, 0.1) is 0 Å². The van der Waals surface area contributed by atoms with E-state index in [0.717, 1.165) is 12.0 Å². The lowest BCUT2D eigenvalue weighted by Gasteiger charge is -2.09. The summed E-state index contributed by atoms with van der Waals surface area (Å²) in [6.45, 7) is 1.72. The van der Waals surface area contributed by atoms with Crippen molar-refractivity contribution in [3.8, 4) is 5.75 Å². The first-order valence-electron chi connectivity index (χ1n) is 4.75. The molecule has 2 N–H and O–H groups in total. The number of aromatic hydroxyl groups is 1. The minimum absolute atomic E-state index is 0.230. The second kappa shape index (κ2) is 5.24. The first-order valence-corrected chi connectivity index (χ1v) is 4.75. The van der Waals surface area contributed by atoms with Crippen molar-refractivity contribution in [2.24, 2.45) is 0 Å². The van der Waals surface area contributed by atoms with Crippen molar-refractivity contribution < 1.29 is 19.7 Å². The molecule has 1 atom stereocenters. The molecule has 1 aromatic carbocycles. The molecule has 1 unspecified atom stereocenters. The predicted molar refractivity (Wildman–Crippen MR) is 55.0 cm³/mol. The lowest BCUT2D eigenvalue weighted by atomic mass is 10.1. The Bertz CT molecular complexity index is 318. The lowest BCUT2D eigenvalue weighted by molar-refractivity contribution is 0.0559. The molecule has 0 bridgehead atoms. The van der Waals surface area contributed by atoms with Crippen LogP contribution in [-0.2, 0) is 11.2 Å². The number of phenolic OH excluding ortho intramolecular Hbond substituents is 1. The summed E-state index contributed by atoms with van der Waals surface area (Å²) in [6.07, 6.45) is -0.185. The molecule has 0 fully saturated rings. The van der Waals surface area contributed by atoms with Gasteiger partial charge in [0, 0.05) is 0 Å². The van der Waals surface area contributed by atoms with Crippen molar-refractivity contribution in [2.45, 2.75) is 25.9 Å². The number of benzene rings is 1. The van der Waals surface area contributed by atoms with Crippen molar-refractivity contribution in [2.75, 3.05) is 0 Å². The van der Waals surface area contributed by atoms with E-state index < -0.39 is 6.16 Å². The minimum Gasteiger partial charge on any atom is -0.508 e. The fourth-order valence-electron chi connectivity index (χ4n) is 1.26. The largest absolute Gasteiger partial charge is 0.508 e. The quantitative estimate of drug-likeness (QED) is 0.749. The van der Waals surface area contributed by atoms with Gasteiger partial charge in [-0.05, 0) is 37.5 Å². The van der Waals surface area contributed by atoms with Gasteiger partial charge in [-0.25, -0.2) is 4.79 Å². The van der Waals surface area contributed by atoms with Crippen LogP contribution in [0.2, 0.25) is 0 Å². The average Bonchev–Trinajstić information content (AvgIpc) is 2.16. The maximum Gasteiger partial charge on any atom is 0.506 e. The standard InChI is InChI=1S/C11H14O4/c1-8(15-11(13)14)2-3-9-4-6-10(12)7-5-9/h4-8,12H,2-3H2,1H3,(H,13,14). The molecule has 0 spiro atoms. The summed E-state index contributed by atoms with van der Waals surface area (Å²) in [5, 5.41) is 17.4. The van der Waals surface area contributed by atoms with Crippen LogP contribution in [-0.4, -0.2) is 22.5 Å². The molecule has 4 nitrogen and oxygen atoms in total. The second-order valence-electron chi connectivity index (χ2n) is 3.40. The van der Waals surface area contributed by atoms with Crippen molar-refractivity contribution in [1.29, 1.82) is 0 Å². The molecule has 0 saturated carbocycles. The first kappa shape index (κ1) is 11.4. The first-order chi connectivity index (χ1) is 7.08. The normalized spacial score (nSPS) is 12.1. The molecule has 0 radical (unpaired) electrons. The monoisotopic (exact) mass is 210 g/mol. The van der Waals surface area contributed by atoms with Crippen LogP contribution in [0.3, 0.4) is 0 Å². The van der Waals surface area contributed by atoms with Crippen LogP contribution in [0.15, 0.2) is 24.3 Å². The number of hydrogen-bond donors (Lipinski definition) is 2. The zero-order valence-corrected chi connectivity index (χ0v) is 8.51. The van der Waals surface area contributed by atoms with Crippen LogP contribution < -0.4 is 0 Å². The number of carbonyl (C=O) groups is 1. The highest BCUT2D eigenvalue weighted by Crippen LogP contribution is 2.12. The smallest absolute Gasteiger partial charge is 0.506 e. The molecule has 0 heterocycles. The maximum atomic E-state index is 10.2. The minimum atomic E-state index is -1.24. The molecular formula is C11H14O4. The molecule has 82 valence electrons. The van der Waals surface area contributed by atoms with Crippen molar-refractivity contribution >= 4 is 6.16 Å². The van der Waals surface area contributed by atoms with Gasteiger partial charge < -0.3 is 14.9 Å². The summed E-state index contributed by atoms with van der Waals surface area (Å²) in [4.78, 5) is 10.2. The Hall–Kier alpha value is -1.71. The Morgan fingerprint density at radius 3 is 2.53 bits per heavy atom. The molecule has 0 aliphatic rings. The Morgan fingerprint density at radius 2 is 2.00 bits per heavy atom. The van der Waals surface area contributed by atoms with Crippen LogP contribution in [0.5, 0.6) is 5.75 Å². The van der Waals surface area contributed by atoms with Gasteiger partial charge in [0.2, 0.25) is 0 Å². The number of carboxylic acid groups (broad SMARTS) is 1. The van der Waals surface area contributed by atoms with Crippen molar-refractivity contribution in [1.82, 2.24) is 0 Å². The fourth-order valence-corrected chi connectivity index (χ4v) is 1.26. The van der Waals surface area contributed by atoms with Gasteiger partial charge in [-0.1, -0.05) is 12.1 Å². The lowest BCUT2D eigenvalue weighted by Crippen LogP contribution is -2.13. The summed E-state index contributed by atoms with van der Waals surface area (Å²) >= 11 is 0. The number of hydrogen-bond acceptors (Lipinski definition) is 3. The van der Waals surface area contributed by atoms with E-state index in [9.17, 15) is 4.79 Å². The summed E-state index contributed by atoms with van der Waals surface area (Å²) < 4.78 is 4.56. The molecule has 1 rings (SSSR count). The van der Waals surface area contributed by atoms with E-state index in [1.54, 1.807) is 19.1 Å². The van der Waals surface area contributed by atoms with Gasteiger partial charge >= 0.3 is 6.16 Å². The topological polar surface area (TPSA) is 66.8 Å². The Morgan fingerprint density at radius 1 is 1.40 bits per heavy atom. The average molecular weight is 210 g/mol. The van der Waals surface area contributed by atoms with Crippen LogP contribution in [0.1, 0.15) is 18.9 Å². The predicted octanol–water partition coefficient (Wildman–Crippen LogP) is 2.41. The van der Waals surface area contributed by atoms with Gasteiger partial charge in [-0.3, -0.25) is 0 Å². The highest BCUT2D eigenvalue weighted by molar-refractivity contribution is 5.57. The number of aryl methyl sites for hydroxylation is 1. The number of rotatable bonds is 4. The third-order valence-corrected chi connectivity index (χ3v) is 2.08. The molecule has 0 aliphatic heterocycles. The second-order valence-corrected chi connectivity index (χ2v) is 3.40. The highest BCUT2D eigenvalue weighted by Gasteiger charge is 2.07. The summed E-state index contributed by atoms with van der Waals surface area (Å²) in [5.74, 6) is 0.230. The zero-order valence-electron chi connectivity index (χ0n) is 8.51. The number of phenols is 1.